The first kappa shape index (κ1) is 9.26. The standard InChI is InChI=1S/C7H14.Ar/c1-6-4-3-5-7(6)2;/h6-7H,3-5H2,1-2H3;. The van der Waals surface area contributed by atoms with Crippen molar-refractivity contribution in [3.05, 3.63) is 0 Å². The van der Waals surface area contributed by atoms with Crippen molar-refractivity contribution in [2.45, 2.75) is 33.1 Å². The van der Waals surface area contributed by atoms with E-state index in [4.69, 9.17) is 0 Å². The first-order valence-corrected chi connectivity index (χ1v) is 3.30. The molecule has 0 saturated heterocycles. The van der Waals surface area contributed by atoms with Gasteiger partial charge in [0, 0.05) is 37.7 Å². The fourth-order valence-electron chi connectivity index (χ4n) is 1.33. The molecule has 1 heteroatoms. The first-order chi connectivity index (χ1) is 3.30. The molecule has 1 aliphatic rings. The Morgan fingerprint density at radius 2 is 1.38 bits per heavy atom. The van der Waals surface area contributed by atoms with E-state index in [-0.39, 0.29) is 37.7 Å². The Balaban J connectivity index is 0.000000490. The Morgan fingerprint density at radius 3 is 1.50 bits per heavy atom. The second-order valence-corrected chi connectivity index (χ2v) is 2.89. The van der Waals surface area contributed by atoms with Crippen LogP contribution in [0.2, 0.25) is 0 Å². The van der Waals surface area contributed by atoms with E-state index >= 15 is 0 Å². The van der Waals surface area contributed by atoms with Crippen LogP contribution in [-0.4, -0.2) is 0 Å². The molecule has 0 aliphatic heterocycles. The van der Waals surface area contributed by atoms with Gasteiger partial charge in [-0.3, -0.25) is 0 Å². The third kappa shape index (κ3) is 2.24. The zero-order chi connectivity index (χ0) is 5.28. The number of hydrogen-bond donors (Lipinski definition) is 0. The van der Waals surface area contributed by atoms with Crippen LogP contribution in [0.15, 0.2) is 0 Å². The Labute approximate surface area is 82.0 Å². The van der Waals surface area contributed by atoms with E-state index in [9.17, 15) is 0 Å². The largest absolute Gasteiger partial charge is 0.0623 e. The summed E-state index contributed by atoms with van der Waals surface area (Å²) in [5.41, 5.74) is 0. The molecule has 8 heavy (non-hydrogen) atoms. The van der Waals surface area contributed by atoms with E-state index in [0.29, 0.717) is 0 Å². The molecule has 1 saturated carbocycles. The minimum absolute atomic E-state index is 0. The molecule has 0 radical (unpaired) electrons. The molecule has 1 rings (SSSR count). The van der Waals surface area contributed by atoms with Gasteiger partial charge >= 0.3 is 0 Å². The molecule has 0 bridgehead atoms. The molecule has 1 aliphatic carbocycles. The van der Waals surface area contributed by atoms with Gasteiger partial charge in [0.2, 0.25) is 0 Å². The summed E-state index contributed by atoms with van der Waals surface area (Å²) in [4.78, 5) is 0. The molecule has 2 unspecified atom stereocenters. The smallest absolute Gasteiger partial charge is 0 e. The van der Waals surface area contributed by atoms with Gasteiger partial charge in [0.05, 0.1) is 0 Å². The molecule has 0 N–H and O–H groups in total. The maximum Gasteiger partial charge on any atom is 0 e. The van der Waals surface area contributed by atoms with Crippen molar-refractivity contribution in [3.8, 4) is 0 Å². The Morgan fingerprint density at radius 1 is 1.00 bits per heavy atom. The maximum atomic E-state index is 2.36. The second kappa shape index (κ2) is 4.14. The minimum atomic E-state index is 0. The van der Waals surface area contributed by atoms with Crippen LogP contribution in [0.4, 0.5) is 0 Å². The molecular weight excluding hydrogens is 124 g/mol. The predicted octanol–water partition coefficient (Wildman–Crippen LogP) is 2.44. The van der Waals surface area contributed by atoms with E-state index in [2.05, 4.69) is 13.8 Å². The van der Waals surface area contributed by atoms with Crippen molar-refractivity contribution in [2.24, 2.45) is 11.8 Å². The normalized spacial score (nSPS) is 36.8. The van der Waals surface area contributed by atoms with Crippen LogP contribution < -0.4 is 0 Å². The summed E-state index contributed by atoms with van der Waals surface area (Å²) < 4.78 is 0. The predicted molar refractivity (Wildman–Crippen MR) is 32.2 cm³/mol. The van der Waals surface area contributed by atoms with Crippen LogP contribution >= 0.6 is 0 Å². The van der Waals surface area contributed by atoms with Crippen LogP contribution in [0.1, 0.15) is 33.1 Å². The molecule has 0 amide bonds. The van der Waals surface area contributed by atoms with Crippen LogP contribution in [0.5, 0.6) is 0 Å². The maximum absolute atomic E-state index is 2.36. The SMILES string of the molecule is CC1CCCC1C.[Ar]. The zero-order valence-electron chi connectivity index (χ0n) is 5.63. The van der Waals surface area contributed by atoms with E-state index in [0.717, 1.165) is 11.8 Å². The Hall–Kier alpha value is 1.26. The molecule has 0 aromatic heterocycles. The summed E-state index contributed by atoms with van der Waals surface area (Å²) in [6.07, 6.45) is 4.42. The molecule has 0 heterocycles. The van der Waals surface area contributed by atoms with Gasteiger partial charge in [-0.1, -0.05) is 33.1 Å². The van der Waals surface area contributed by atoms with Crippen LogP contribution in [0.25, 0.3) is 0 Å². The molecule has 50 valence electrons. The summed E-state index contributed by atoms with van der Waals surface area (Å²) in [5, 5.41) is 0. The number of hydrogen-bond acceptors (Lipinski definition) is 0. The number of rotatable bonds is 0. The minimum Gasteiger partial charge on any atom is -0.0623 e. The summed E-state index contributed by atoms with van der Waals surface area (Å²) >= 11 is 0. The van der Waals surface area contributed by atoms with Gasteiger partial charge in [0.1, 0.15) is 0 Å². The van der Waals surface area contributed by atoms with Crippen LogP contribution in [0, 0.1) is 49.6 Å². The third-order valence-electron chi connectivity index (χ3n) is 2.29. The molecule has 0 spiro atoms. The summed E-state index contributed by atoms with van der Waals surface area (Å²) in [6.45, 7) is 4.72. The third-order valence-corrected chi connectivity index (χ3v) is 2.29. The quantitative estimate of drug-likeness (QED) is 0.482. The van der Waals surface area contributed by atoms with Crippen molar-refractivity contribution in [1.82, 2.24) is 0 Å². The van der Waals surface area contributed by atoms with E-state index in [1.165, 1.54) is 19.3 Å². The second-order valence-electron chi connectivity index (χ2n) is 2.89. The van der Waals surface area contributed by atoms with Crippen molar-refractivity contribution < 1.29 is 37.7 Å². The molecule has 0 nitrogen and oxygen atoms in total. The summed E-state index contributed by atoms with van der Waals surface area (Å²) in [5.74, 6) is 2.03. The molecule has 0 aromatic carbocycles. The zero-order valence-corrected chi connectivity index (χ0v) is 6.34. The van der Waals surface area contributed by atoms with E-state index in [1.54, 1.807) is 0 Å². The average Bonchev–Trinajstić information content (AvgIpc) is 1.91. The van der Waals surface area contributed by atoms with Gasteiger partial charge in [0.15, 0.2) is 0 Å². The van der Waals surface area contributed by atoms with E-state index < -0.39 is 0 Å². The molecule has 2 atom stereocenters. The van der Waals surface area contributed by atoms with Crippen molar-refractivity contribution in [2.75, 3.05) is 0 Å². The Kier molecular flexibility index (Phi) is 4.79. The molecule has 1 fully saturated rings. The van der Waals surface area contributed by atoms with E-state index in [1.807, 2.05) is 0 Å². The average molecular weight is 138 g/mol. The fourth-order valence-corrected chi connectivity index (χ4v) is 1.33. The van der Waals surface area contributed by atoms with Crippen molar-refractivity contribution in [3.63, 3.8) is 0 Å². The monoisotopic (exact) mass is 138 g/mol. The molecule has 0 aromatic rings. The van der Waals surface area contributed by atoms with Gasteiger partial charge in [-0.2, -0.15) is 0 Å². The van der Waals surface area contributed by atoms with Gasteiger partial charge in [-0.15, -0.1) is 0 Å². The topological polar surface area (TPSA) is 0 Å². The van der Waals surface area contributed by atoms with Crippen LogP contribution in [-0.2, 0) is 0 Å². The van der Waals surface area contributed by atoms with Gasteiger partial charge in [-0.05, 0) is 11.8 Å². The summed E-state index contributed by atoms with van der Waals surface area (Å²) in [6, 6.07) is 0. The van der Waals surface area contributed by atoms with Crippen molar-refractivity contribution >= 4 is 0 Å². The first-order valence-electron chi connectivity index (χ1n) is 3.30. The van der Waals surface area contributed by atoms with Crippen molar-refractivity contribution in [1.29, 1.82) is 0 Å². The van der Waals surface area contributed by atoms with Gasteiger partial charge in [-0.25, -0.2) is 0 Å². The Bertz CT molecular complexity index is 53.4. The summed E-state index contributed by atoms with van der Waals surface area (Å²) in [7, 11) is 0. The van der Waals surface area contributed by atoms with Crippen LogP contribution in [0.3, 0.4) is 0 Å². The fraction of sp³-hybridized carbons (Fsp3) is 1.00. The van der Waals surface area contributed by atoms with Gasteiger partial charge in [0.25, 0.3) is 0 Å². The van der Waals surface area contributed by atoms with Gasteiger partial charge < -0.3 is 0 Å². The molecular formula is C7H14Ar.